The molecule has 2 aliphatic rings. The summed E-state index contributed by atoms with van der Waals surface area (Å²) in [4.78, 5) is 36.9. The molecule has 0 radical (unpaired) electrons. The first-order valence-corrected chi connectivity index (χ1v) is 13.5. The molecule has 0 bridgehead atoms. The molecule has 7 nitrogen and oxygen atoms in total. The molecule has 1 atom stereocenters. The maximum absolute atomic E-state index is 13.6. The Bertz CT molecular complexity index is 1700. The van der Waals surface area contributed by atoms with Gasteiger partial charge in [0.1, 0.15) is 5.56 Å². The molecule has 6 rings (SSSR count). The monoisotopic (exact) mass is 562 g/mol. The van der Waals surface area contributed by atoms with E-state index in [1.54, 1.807) is 47.4 Å². The number of carbonyl (C=O) groups is 2. The molecule has 0 amide bonds. The molecule has 1 unspecified atom stereocenters. The highest BCUT2D eigenvalue weighted by molar-refractivity contribution is 7.99. The van der Waals surface area contributed by atoms with Gasteiger partial charge < -0.3 is 19.3 Å². The van der Waals surface area contributed by atoms with Gasteiger partial charge in [-0.3, -0.25) is 4.79 Å². The lowest BCUT2D eigenvalue weighted by Gasteiger charge is -2.34. The fourth-order valence-electron chi connectivity index (χ4n) is 4.64. The van der Waals surface area contributed by atoms with E-state index in [1.807, 2.05) is 35.8 Å². The highest BCUT2D eigenvalue weighted by atomic mass is 32.2. The molecule has 0 spiro atoms. The van der Waals surface area contributed by atoms with Crippen LogP contribution < -0.4 is 10.3 Å². The van der Waals surface area contributed by atoms with Crippen LogP contribution in [0.1, 0.15) is 39.6 Å². The number of aromatic carboxylic acids is 1. The van der Waals surface area contributed by atoms with Gasteiger partial charge in [-0.2, -0.15) is 0 Å². The summed E-state index contributed by atoms with van der Waals surface area (Å²) in [5.41, 5.74) is 1.85. The lowest BCUT2D eigenvalue weighted by Crippen LogP contribution is -2.38. The molecule has 3 aromatic carbocycles. The van der Waals surface area contributed by atoms with Gasteiger partial charge in [0.05, 0.1) is 33.7 Å². The fourth-order valence-corrected chi connectivity index (χ4v) is 5.59. The number of rotatable bonds is 5. The van der Waals surface area contributed by atoms with Crippen molar-refractivity contribution in [2.45, 2.75) is 30.3 Å². The molecular formula is C30H24F2N2O5S. The minimum Gasteiger partial charge on any atom is -0.477 e. The Labute approximate surface area is 232 Å². The number of aromatic nitrogens is 1. The number of carboxylic acid groups (broad SMARTS) is 1. The molecule has 40 heavy (non-hydrogen) atoms. The van der Waals surface area contributed by atoms with E-state index in [-0.39, 0.29) is 23.8 Å². The van der Waals surface area contributed by atoms with Crippen LogP contribution >= 0.6 is 11.8 Å². The molecule has 0 saturated heterocycles. The van der Waals surface area contributed by atoms with E-state index in [0.717, 1.165) is 24.1 Å². The number of ether oxygens (including phenoxy) is 1. The van der Waals surface area contributed by atoms with Crippen LogP contribution in [0, 0.1) is 11.6 Å². The van der Waals surface area contributed by atoms with Gasteiger partial charge in [0.25, 0.3) is 0 Å². The summed E-state index contributed by atoms with van der Waals surface area (Å²) < 4.78 is 34.3. The van der Waals surface area contributed by atoms with Gasteiger partial charge in [0.15, 0.2) is 18.4 Å². The standard InChI is InChI=1S/C19H17F2NO2.C11H7NO3S/c1-2-15-9-8-14-10-16(20)17(21)11-18(14)22(15)12-24-19(23)13-6-4-3-5-7-13;13-9-6-3-1-2-4-7(6)12-5-16-10(12)8(9)11(14)15/h3-11,15H,2,12H2,1H3;1-4H,5H2,(H,14,15). The summed E-state index contributed by atoms with van der Waals surface area (Å²) in [6, 6.07) is 18.0. The summed E-state index contributed by atoms with van der Waals surface area (Å²) in [6.07, 6.45) is 4.41. The van der Waals surface area contributed by atoms with Gasteiger partial charge in [-0.25, -0.2) is 18.4 Å². The van der Waals surface area contributed by atoms with Crippen molar-refractivity contribution in [3.05, 3.63) is 111 Å². The summed E-state index contributed by atoms with van der Waals surface area (Å²) in [5, 5.41) is 10.1. The molecule has 3 heterocycles. The lowest BCUT2D eigenvalue weighted by molar-refractivity contribution is 0.0498. The van der Waals surface area contributed by atoms with Crippen molar-refractivity contribution in [1.29, 1.82) is 0 Å². The van der Waals surface area contributed by atoms with Crippen LogP contribution in [0.25, 0.3) is 17.0 Å². The molecule has 4 aromatic rings. The van der Waals surface area contributed by atoms with E-state index < -0.39 is 23.6 Å². The number of fused-ring (bicyclic) bond motifs is 4. The van der Waals surface area contributed by atoms with Crippen molar-refractivity contribution in [3.8, 4) is 0 Å². The van der Waals surface area contributed by atoms with E-state index in [0.29, 0.717) is 33.1 Å². The van der Waals surface area contributed by atoms with Crippen molar-refractivity contribution >= 4 is 46.4 Å². The predicted molar refractivity (Wildman–Crippen MR) is 150 cm³/mol. The van der Waals surface area contributed by atoms with Gasteiger partial charge in [-0.15, -0.1) is 0 Å². The third kappa shape index (κ3) is 5.10. The zero-order chi connectivity index (χ0) is 28.4. The van der Waals surface area contributed by atoms with Crippen LogP contribution in [0.3, 0.4) is 0 Å². The maximum Gasteiger partial charge on any atom is 0.342 e. The Morgan fingerprint density at radius 2 is 1.75 bits per heavy atom. The van der Waals surface area contributed by atoms with Crippen LogP contribution in [0.4, 0.5) is 14.5 Å². The number of thioether (sulfide) groups is 1. The molecule has 10 heteroatoms. The van der Waals surface area contributed by atoms with Crippen molar-refractivity contribution in [2.75, 3.05) is 11.6 Å². The minimum atomic E-state index is -1.15. The molecule has 204 valence electrons. The molecule has 0 fully saturated rings. The molecule has 0 saturated carbocycles. The molecule has 0 aliphatic carbocycles. The van der Waals surface area contributed by atoms with Crippen LogP contribution in [0.5, 0.6) is 0 Å². The Kier molecular flexibility index (Phi) is 7.70. The molecular weight excluding hydrogens is 538 g/mol. The van der Waals surface area contributed by atoms with E-state index in [2.05, 4.69) is 0 Å². The Morgan fingerprint density at radius 1 is 1.05 bits per heavy atom. The van der Waals surface area contributed by atoms with Gasteiger partial charge in [0.2, 0.25) is 5.43 Å². The molecule has 2 aliphatic heterocycles. The first-order valence-electron chi connectivity index (χ1n) is 12.5. The normalized spacial score (nSPS) is 14.9. The van der Waals surface area contributed by atoms with E-state index in [1.165, 1.54) is 11.8 Å². The van der Waals surface area contributed by atoms with Crippen molar-refractivity contribution in [3.63, 3.8) is 0 Å². The topological polar surface area (TPSA) is 88.8 Å². The third-order valence-corrected chi connectivity index (χ3v) is 7.79. The van der Waals surface area contributed by atoms with Gasteiger partial charge >= 0.3 is 11.9 Å². The number of nitrogens with zero attached hydrogens (tertiary/aromatic N) is 2. The highest BCUT2D eigenvalue weighted by Crippen LogP contribution is 2.36. The number of halogens is 2. The van der Waals surface area contributed by atoms with Crippen LogP contribution in [0.2, 0.25) is 0 Å². The van der Waals surface area contributed by atoms with Crippen molar-refractivity contribution < 1.29 is 28.2 Å². The average Bonchev–Trinajstić information content (AvgIpc) is 2.94. The number of benzene rings is 3. The minimum absolute atomic E-state index is 0.0331. The van der Waals surface area contributed by atoms with Crippen LogP contribution in [0.15, 0.2) is 82.6 Å². The van der Waals surface area contributed by atoms with Crippen molar-refractivity contribution in [1.82, 2.24) is 4.57 Å². The summed E-state index contributed by atoms with van der Waals surface area (Å²) >= 11 is 1.40. The number of anilines is 1. The van der Waals surface area contributed by atoms with E-state index in [4.69, 9.17) is 9.84 Å². The predicted octanol–water partition coefficient (Wildman–Crippen LogP) is 6.15. The summed E-state index contributed by atoms with van der Waals surface area (Å²) in [7, 11) is 0. The number of para-hydroxylation sites is 1. The van der Waals surface area contributed by atoms with Gasteiger partial charge in [-0.05, 0) is 36.8 Å². The lowest BCUT2D eigenvalue weighted by atomic mass is 10.0. The number of esters is 1. The maximum atomic E-state index is 13.6. The second kappa shape index (κ2) is 11.4. The van der Waals surface area contributed by atoms with Crippen LogP contribution in [-0.2, 0) is 10.6 Å². The Hall–Kier alpha value is -4.44. The SMILES string of the molecule is CCC1C=Cc2cc(F)c(F)cc2N1COC(=O)c1ccccc1.O=C(O)c1c2n(c3ccccc3c1=O)CS2. The van der Waals surface area contributed by atoms with Gasteiger partial charge in [-0.1, -0.05) is 61.2 Å². The number of hydrogen-bond donors (Lipinski definition) is 1. The second-order valence-corrected chi connectivity index (χ2v) is 10.0. The first kappa shape index (κ1) is 27.1. The van der Waals surface area contributed by atoms with Crippen molar-refractivity contribution in [2.24, 2.45) is 0 Å². The quantitative estimate of drug-likeness (QED) is 0.292. The van der Waals surface area contributed by atoms with Crippen LogP contribution in [-0.4, -0.2) is 34.4 Å². The summed E-state index contributed by atoms with van der Waals surface area (Å²) in [5.74, 6) is -2.71. The number of carboxylic acids is 1. The Balaban J connectivity index is 0.000000174. The number of pyridine rings is 1. The van der Waals surface area contributed by atoms with Gasteiger partial charge in [0, 0.05) is 17.0 Å². The second-order valence-electron chi connectivity index (χ2n) is 9.09. The first-order chi connectivity index (χ1) is 19.3. The molecule has 1 aromatic heterocycles. The van der Waals surface area contributed by atoms with E-state index in [9.17, 15) is 23.2 Å². The summed E-state index contributed by atoms with van der Waals surface area (Å²) in [6.45, 7) is 1.94. The molecule has 1 N–H and O–H groups in total. The van der Waals surface area contributed by atoms with E-state index >= 15 is 0 Å². The smallest absolute Gasteiger partial charge is 0.342 e. The Morgan fingerprint density at radius 3 is 2.42 bits per heavy atom. The number of hydrogen-bond acceptors (Lipinski definition) is 6. The zero-order valence-corrected chi connectivity index (χ0v) is 22.2. The largest absolute Gasteiger partial charge is 0.477 e. The highest BCUT2D eigenvalue weighted by Gasteiger charge is 2.27. The third-order valence-electron chi connectivity index (χ3n) is 6.71. The average molecular weight is 563 g/mol. The number of carbonyl (C=O) groups excluding carboxylic acids is 1. The fraction of sp³-hybridized carbons (Fsp3) is 0.167. The zero-order valence-electron chi connectivity index (χ0n) is 21.3.